The third-order valence-corrected chi connectivity index (χ3v) is 6.09. The molecule has 7 nitrogen and oxygen atoms in total. The molecule has 1 aromatic heterocycles. The van der Waals surface area contributed by atoms with Crippen molar-refractivity contribution in [1.29, 1.82) is 0 Å². The molecule has 2 amide bonds. The number of halogens is 1. The van der Waals surface area contributed by atoms with Gasteiger partial charge in [-0.15, -0.1) is 10.2 Å². The minimum atomic E-state index is -0.349. The van der Waals surface area contributed by atoms with E-state index in [2.05, 4.69) is 21.0 Å². The zero-order valence-electron chi connectivity index (χ0n) is 18.4. The maximum atomic E-state index is 12.4. The van der Waals surface area contributed by atoms with Gasteiger partial charge in [-0.25, -0.2) is 0 Å². The Morgan fingerprint density at radius 2 is 1.56 bits per heavy atom. The molecule has 0 bridgehead atoms. The van der Waals surface area contributed by atoms with Crippen molar-refractivity contribution in [3.63, 3.8) is 0 Å². The summed E-state index contributed by atoms with van der Waals surface area (Å²) in [4.78, 5) is 24.4. The number of thioether (sulfide) groups is 1. The van der Waals surface area contributed by atoms with Crippen LogP contribution in [0.25, 0.3) is 17.1 Å². The van der Waals surface area contributed by atoms with E-state index in [1.54, 1.807) is 12.1 Å². The number of rotatable bonds is 7. The van der Waals surface area contributed by atoms with Crippen LogP contribution in [-0.2, 0) is 16.0 Å². The van der Waals surface area contributed by atoms with Crippen LogP contribution in [0.1, 0.15) is 11.1 Å². The van der Waals surface area contributed by atoms with Crippen LogP contribution in [0.4, 0.5) is 0 Å². The topological polar surface area (TPSA) is 88.9 Å². The normalized spacial score (nSPS) is 10.6. The maximum absolute atomic E-state index is 12.4. The molecule has 0 spiro atoms. The predicted molar refractivity (Wildman–Crippen MR) is 134 cm³/mol. The summed E-state index contributed by atoms with van der Waals surface area (Å²) in [6.45, 7) is 2.02. The van der Waals surface area contributed by atoms with E-state index < -0.39 is 0 Å². The van der Waals surface area contributed by atoms with Crippen LogP contribution in [-0.4, -0.2) is 32.3 Å². The summed E-state index contributed by atoms with van der Waals surface area (Å²) in [5.74, 6) is 0.0471. The second-order valence-corrected chi connectivity index (χ2v) is 8.91. The van der Waals surface area contributed by atoms with Crippen molar-refractivity contribution in [3.05, 3.63) is 95.0 Å². The molecule has 0 aliphatic heterocycles. The fourth-order valence-corrected chi connectivity index (χ4v) is 4.08. The van der Waals surface area contributed by atoms with Crippen molar-refractivity contribution in [2.45, 2.75) is 18.5 Å². The Balaban J connectivity index is 1.45. The molecule has 9 heteroatoms. The van der Waals surface area contributed by atoms with Crippen molar-refractivity contribution in [3.8, 4) is 17.1 Å². The van der Waals surface area contributed by atoms with Gasteiger partial charge in [0.05, 0.1) is 12.2 Å². The van der Waals surface area contributed by atoms with Crippen molar-refractivity contribution >= 4 is 35.2 Å². The van der Waals surface area contributed by atoms with Crippen molar-refractivity contribution in [1.82, 2.24) is 25.6 Å². The lowest BCUT2D eigenvalue weighted by atomic mass is 10.1. The number of carbonyl (C=O) groups is 2. The van der Waals surface area contributed by atoms with Gasteiger partial charge in [0.25, 0.3) is 0 Å². The Morgan fingerprint density at radius 3 is 2.26 bits per heavy atom. The first kappa shape index (κ1) is 23.5. The van der Waals surface area contributed by atoms with Crippen LogP contribution in [0.5, 0.6) is 0 Å². The molecule has 3 aromatic carbocycles. The fourth-order valence-electron chi connectivity index (χ4n) is 3.21. The van der Waals surface area contributed by atoms with E-state index in [1.807, 2.05) is 78.2 Å². The van der Waals surface area contributed by atoms with E-state index in [1.165, 1.54) is 11.8 Å². The SMILES string of the molecule is Cc1ccc(-n2c(SCC(=O)NNC(=O)Cc3ccccc3)nnc2-c2ccc(Cl)cc2)cc1. The zero-order chi connectivity index (χ0) is 23.9. The molecule has 0 unspecified atom stereocenters. The molecule has 0 fully saturated rings. The lowest BCUT2D eigenvalue weighted by Gasteiger charge is -2.11. The molecule has 4 rings (SSSR count). The lowest BCUT2D eigenvalue weighted by molar-refractivity contribution is -0.127. The van der Waals surface area contributed by atoms with Crippen molar-refractivity contribution in [2.24, 2.45) is 0 Å². The number of hydrogen-bond donors (Lipinski definition) is 2. The molecule has 1 heterocycles. The standard InChI is InChI=1S/C25H22ClN5O2S/c1-17-7-13-21(14-8-17)31-24(19-9-11-20(26)12-10-19)29-30-25(31)34-16-23(33)28-27-22(32)15-18-5-3-2-4-6-18/h2-14H,15-16H2,1H3,(H,27,32)(H,28,33). The molecule has 0 atom stereocenters. The molecule has 0 saturated carbocycles. The summed E-state index contributed by atoms with van der Waals surface area (Å²) in [6.07, 6.45) is 0.181. The van der Waals surface area contributed by atoms with Gasteiger partial charge in [0.2, 0.25) is 11.8 Å². The molecule has 172 valence electrons. The van der Waals surface area contributed by atoms with Gasteiger partial charge in [-0.2, -0.15) is 0 Å². The smallest absolute Gasteiger partial charge is 0.248 e. The first-order valence-corrected chi connectivity index (χ1v) is 11.9. The van der Waals surface area contributed by atoms with Gasteiger partial charge < -0.3 is 0 Å². The van der Waals surface area contributed by atoms with Crippen LogP contribution < -0.4 is 10.9 Å². The van der Waals surface area contributed by atoms with Gasteiger partial charge in [0.15, 0.2) is 11.0 Å². The molecule has 4 aromatic rings. The quantitative estimate of drug-likeness (QED) is 0.296. The maximum Gasteiger partial charge on any atom is 0.248 e. The Morgan fingerprint density at radius 1 is 0.882 bits per heavy atom. The lowest BCUT2D eigenvalue weighted by Crippen LogP contribution is -2.43. The monoisotopic (exact) mass is 491 g/mol. The largest absolute Gasteiger partial charge is 0.273 e. The molecule has 2 N–H and O–H groups in total. The third-order valence-electron chi connectivity index (χ3n) is 4.91. The Labute approximate surface area is 206 Å². The van der Waals surface area contributed by atoms with E-state index in [0.29, 0.717) is 16.0 Å². The molecule has 0 aliphatic carbocycles. The van der Waals surface area contributed by atoms with Gasteiger partial charge in [-0.1, -0.05) is 71.4 Å². The summed E-state index contributed by atoms with van der Waals surface area (Å²) in [6, 6.07) is 24.6. The summed E-state index contributed by atoms with van der Waals surface area (Å²) in [7, 11) is 0. The molecule has 34 heavy (non-hydrogen) atoms. The molecule has 0 aliphatic rings. The molecule has 0 radical (unpaired) electrons. The highest BCUT2D eigenvalue weighted by Crippen LogP contribution is 2.28. The summed E-state index contributed by atoms with van der Waals surface area (Å²) in [5, 5.41) is 9.86. The number of aromatic nitrogens is 3. The first-order valence-electron chi connectivity index (χ1n) is 10.5. The Hall–Kier alpha value is -3.62. The zero-order valence-corrected chi connectivity index (χ0v) is 19.9. The number of hydrogen-bond acceptors (Lipinski definition) is 5. The summed E-state index contributed by atoms with van der Waals surface area (Å²) >= 11 is 7.27. The minimum Gasteiger partial charge on any atom is -0.273 e. The van der Waals surface area contributed by atoms with Crippen LogP contribution in [0.15, 0.2) is 84.0 Å². The summed E-state index contributed by atoms with van der Waals surface area (Å²) < 4.78 is 1.90. The number of amides is 2. The second kappa shape index (κ2) is 11.0. The highest BCUT2D eigenvalue weighted by Gasteiger charge is 2.17. The molecular weight excluding hydrogens is 470 g/mol. The highest BCUT2D eigenvalue weighted by molar-refractivity contribution is 7.99. The van der Waals surface area contributed by atoms with E-state index in [4.69, 9.17) is 11.6 Å². The van der Waals surface area contributed by atoms with Crippen molar-refractivity contribution in [2.75, 3.05) is 5.75 Å². The van der Waals surface area contributed by atoms with Crippen LogP contribution in [0, 0.1) is 6.92 Å². The molecular formula is C25H22ClN5O2S. The van der Waals surface area contributed by atoms with Crippen molar-refractivity contribution < 1.29 is 9.59 Å². The third kappa shape index (κ3) is 6.03. The Bertz CT molecular complexity index is 1280. The number of carbonyl (C=O) groups excluding carboxylic acids is 2. The molecule has 0 saturated heterocycles. The number of benzene rings is 3. The van der Waals surface area contributed by atoms with E-state index in [-0.39, 0.29) is 24.0 Å². The minimum absolute atomic E-state index is 0.0518. The Kier molecular flexibility index (Phi) is 7.61. The average Bonchev–Trinajstić information content (AvgIpc) is 3.27. The van der Waals surface area contributed by atoms with Gasteiger partial charge in [-0.3, -0.25) is 25.0 Å². The van der Waals surface area contributed by atoms with Gasteiger partial charge in [0, 0.05) is 16.3 Å². The van der Waals surface area contributed by atoms with Crippen LogP contribution >= 0.6 is 23.4 Å². The van der Waals surface area contributed by atoms with E-state index >= 15 is 0 Å². The average molecular weight is 492 g/mol. The predicted octanol–water partition coefficient (Wildman–Crippen LogP) is 4.38. The number of nitrogens with one attached hydrogen (secondary N) is 2. The van der Waals surface area contributed by atoms with Crippen LogP contribution in [0.2, 0.25) is 5.02 Å². The number of hydrazine groups is 1. The van der Waals surface area contributed by atoms with E-state index in [0.717, 1.165) is 22.4 Å². The highest BCUT2D eigenvalue weighted by atomic mass is 35.5. The van der Waals surface area contributed by atoms with Gasteiger partial charge in [0.1, 0.15) is 0 Å². The van der Waals surface area contributed by atoms with E-state index in [9.17, 15) is 9.59 Å². The first-order chi connectivity index (χ1) is 16.5. The van der Waals surface area contributed by atoms with Gasteiger partial charge >= 0.3 is 0 Å². The number of nitrogens with zero attached hydrogens (tertiary/aromatic N) is 3. The summed E-state index contributed by atoms with van der Waals surface area (Å²) in [5.41, 5.74) is 8.62. The van der Waals surface area contributed by atoms with Gasteiger partial charge in [-0.05, 0) is 48.9 Å². The fraction of sp³-hybridized carbons (Fsp3) is 0.120. The van der Waals surface area contributed by atoms with Crippen LogP contribution in [0.3, 0.4) is 0 Å². The number of aryl methyl sites for hydroxylation is 1. The second-order valence-electron chi connectivity index (χ2n) is 7.53.